The first kappa shape index (κ1) is 11.2. The minimum absolute atomic E-state index is 0.0891. The molecule has 18 heavy (non-hydrogen) atoms. The number of hydrogen-bond acceptors (Lipinski definition) is 2. The van der Waals surface area contributed by atoms with Crippen molar-refractivity contribution in [2.75, 3.05) is 5.32 Å². The second-order valence-electron chi connectivity index (χ2n) is 3.96. The molecule has 1 aliphatic heterocycles. The van der Waals surface area contributed by atoms with Gasteiger partial charge < -0.3 is 5.32 Å². The number of benzene rings is 1. The third-order valence-corrected chi connectivity index (χ3v) is 3.24. The molecule has 1 amide bonds. The number of amides is 1. The highest BCUT2D eigenvalue weighted by Gasteiger charge is 2.23. The monoisotopic (exact) mass is 300 g/mol. The van der Waals surface area contributed by atoms with Crippen molar-refractivity contribution in [1.29, 1.82) is 0 Å². The van der Waals surface area contributed by atoms with E-state index in [1.807, 2.05) is 36.4 Å². The molecule has 0 fully saturated rings. The van der Waals surface area contributed by atoms with Crippen LogP contribution in [-0.2, 0) is 4.79 Å². The van der Waals surface area contributed by atoms with Gasteiger partial charge in [-0.15, -0.1) is 0 Å². The Kier molecular flexibility index (Phi) is 2.72. The summed E-state index contributed by atoms with van der Waals surface area (Å²) in [6.07, 6.45) is 3.51. The predicted molar refractivity (Wildman–Crippen MR) is 74.9 cm³/mol. The van der Waals surface area contributed by atoms with Gasteiger partial charge >= 0.3 is 0 Å². The Labute approximate surface area is 113 Å². The van der Waals surface area contributed by atoms with Crippen LogP contribution in [0, 0.1) is 0 Å². The Balaban J connectivity index is 2.10. The van der Waals surface area contributed by atoms with E-state index in [-0.39, 0.29) is 5.91 Å². The molecule has 1 aromatic carbocycles. The van der Waals surface area contributed by atoms with Gasteiger partial charge in [0.05, 0.1) is 17.0 Å². The molecule has 1 aliphatic rings. The van der Waals surface area contributed by atoms with Crippen molar-refractivity contribution in [2.24, 2.45) is 0 Å². The lowest BCUT2D eigenvalue weighted by atomic mass is 10.1. The summed E-state index contributed by atoms with van der Waals surface area (Å²) in [7, 11) is 0. The van der Waals surface area contributed by atoms with E-state index in [0.717, 1.165) is 21.4 Å². The van der Waals surface area contributed by atoms with Gasteiger partial charge in [-0.05, 0) is 30.3 Å². The van der Waals surface area contributed by atoms with E-state index in [9.17, 15) is 4.79 Å². The Bertz CT molecular complexity index is 650. The molecular weight excluding hydrogens is 292 g/mol. The Morgan fingerprint density at radius 1 is 1.22 bits per heavy atom. The van der Waals surface area contributed by atoms with E-state index in [4.69, 9.17) is 0 Å². The number of rotatable bonds is 1. The number of halogens is 1. The standard InChI is InChI=1S/C14H9BrN2O/c15-9-4-5-11-12(14(18)17-13(11)7-9)8-10-3-1-2-6-16-10/h1-8H,(H,17,18)/b12-8-. The fourth-order valence-electron chi connectivity index (χ4n) is 1.92. The van der Waals surface area contributed by atoms with Crippen LogP contribution < -0.4 is 5.32 Å². The first-order valence-corrected chi connectivity index (χ1v) is 6.27. The summed E-state index contributed by atoms with van der Waals surface area (Å²) in [4.78, 5) is 16.1. The average molecular weight is 301 g/mol. The molecule has 88 valence electrons. The van der Waals surface area contributed by atoms with Crippen LogP contribution in [0.2, 0.25) is 0 Å². The van der Waals surface area contributed by atoms with Crippen molar-refractivity contribution < 1.29 is 4.79 Å². The summed E-state index contributed by atoms with van der Waals surface area (Å²) in [5, 5.41) is 2.84. The molecule has 0 saturated heterocycles. The molecule has 0 bridgehead atoms. The molecule has 1 N–H and O–H groups in total. The topological polar surface area (TPSA) is 42.0 Å². The minimum atomic E-state index is -0.0891. The number of fused-ring (bicyclic) bond motifs is 1. The Morgan fingerprint density at radius 2 is 2.11 bits per heavy atom. The Hall–Kier alpha value is -1.94. The molecule has 0 saturated carbocycles. The van der Waals surface area contributed by atoms with Crippen LogP contribution in [0.4, 0.5) is 5.69 Å². The summed E-state index contributed by atoms with van der Waals surface area (Å²) in [5.41, 5.74) is 3.17. The summed E-state index contributed by atoms with van der Waals surface area (Å²) in [6.45, 7) is 0. The summed E-state index contributed by atoms with van der Waals surface area (Å²) in [5.74, 6) is -0.0891. The van der Waals surface area contributed by atoms with Crippen molar-refractivity contribution in [3.05, 3.63) is 58.3 Å². The molecule has 0 unspecified atom stereocenters. The summed E-state index contributed by atoms with van der Waals surface area (Å²) >= 11 is 3.39. The molecule has 0 atom stereocenters. The molecule has 2 heterocycles. The molecule has 0 radical (unpaired) electrons. The van der Waals surface area contributed by atoms with Gasteiger partial charge in [-0.25, -0.2) is 0 Å². The second-order valence-corrected chi connectivity index (χ2v) is 4.87. The van der Waals surface area contributed by atoms with Gasteiger partial charge in [-0.3, -0.25) is 9.78 Å². The number of anilines is 1. The fourth-order valence-corrected chi connectivity index (χ4v) is 2.28. The third-order valence-electron chi connectivity index (χ3n) is 2.74. The number of nitrogens with one attached hydrogen (secondary N) is 1. The molecule has 0 spiro atoms. The number of carbonyl (C=O) groups is 1. The SMILES string of the molecule is O=C1Nc2cc(Br)ccc2/C1=C/c1ccccn1. The molecule has 2 aromatic rings. The van der Waals surface area contributed by atoms with Crippen LogP contribution in [0.1, 0.15) is 11.3 Å². The minimum Gasteiger partial charge on any atom is -0.321 e. The predicted octanol–water partition coefficient (Wildman–Crippen LogP) is 3.34. The lowest BCUT2D eigenvalue weighted by Gasteiger charge is -1.98. The van der Waals surface area contributed by atoms with Gasteiger partial charge in [0.1, 0.15) is 0 Å². The Morgan fingerprint density at radius 3 is 2.89 bits per heavy atom. The van der Waals surface area contributed by atoms with E-state index in [1.54, 1.807) is 12.3 Å². The van der Waals surface area contributed by atoms with Crippen molar-refractivity contribution in [1.82, 2.24) is 4.98 Å². The van der Waals surface area contributed by atoms with Crippen LogP contribution in [0.15, 0.2) is 47.1 Å². The third kappa shape index (κ3) is 1.95. The second kappa shape index (κ2) is 4.38. The lowest BCUT2D eigenvalue weighted by Crippen LogP contribution is -2.03. The number of aromatic nitrogens is 1. The van der Waals surface area contributed by atoms with Crippen LogP contribution >= 0.6 is 15.9 Å². The van der Waals surface area contributed by atoms with Gasteiger partial charge in [0.25, 0.3) is 5.91 Å². The zero-order valence-electron chi connectivity index (χ0n) is 9.35. The number of nitrogens with zero attached hydrogens (tertiary/aromatic N) is 1. The quantitative estimate of drug-likeness (QED) is 0.821. The number of hydrogen-bond donors (Lipinski definition) is 1. The first-order valence-electron chi connectivity index (χ1n) is 5.48. The summed E-state index contributed by atoms with van der Waals surface area (Å²) in [6, 6.07) is 11.4. The van der Waals surface area contributed by atoms with Crippen LogP contribution in [-0.4, -0.2) is 10.9 Å². The highest BCUT2D eigenvalue weighted by molar-refractivity contribution is 9.10. The largest absolute Gasteiger partial charge is 0.321 e. The molecule has 1 aromatic heterocycles. The van der Waals surface area contributed by atoms with Crippen molar-refractivity contribution in [3.63, 3.8) is 0 Å². The van der Waals surface area contributed by atoms with Gasteiger partial charge in [0.2, 0.25) is 0 Å². The zero-order valence-corrected chi connectivity index (χ0v) is 10.9. The van der Waals surface area contributed by atoms with Gasteiger partial charge in [-0.1, -0.05) is 28.1 Å². The van der Waals surface area contributed by atoms with E-state index in [1.165, 1.54) is 0 Å². The van der Waals surface area contributed by atoms with Crippen LogP contribution in [0.3, 0.4) is 0 Å². The van der Waals surface area contributed by atoms with Crippen molar-refractivity contribution in [2.45, 2.75) is 0 Å². The molecule has 4 heteroatoms. The molecule has 0 aliphatic carbocycles. The summed E-state index contributed by atoms with van der Waals surface area (Å²) < 4.78 is 0.945. The maximum atomic E-state index is 11.9. The molecular formula is C14H9BrN2O. The normalized spacial score (nSPS) is 15.6. The van der Waals surface area contributed by atoms with Crippen LogP contribution in [0.5, 0.6) is 0 Å². The average Bonchev–Trinajstić information content (AvgIpc) is 2.66. The maximum Gasteiger partial charge on any atom is 0.256 e. The number of carbonyl (C=O) groups excluding carboxylic acids is 1. The van der Waals surface area contributed by atoms with Gasteiger partial charge in [0.15, 0.2) is 0 Å². The van der Waals surface area contributed by atoms with E-state index in [2.05, 4.69) is 26.2 Å². The first-order chi connectivity index (χ1) is 8.74. The van der Waals surface area contributed by atoms with Gasteiger partial charge in [-0.2, -0.15) is 0 Å². The fraction of sp³-hybridized carbons (Fsp3) is 0. The highest BCUT2D eigenvalue weighted by atomic mass is 79.9. The zero-order chi connectivity index (χ0) is 12.5. The van der Waals surface area contributed by atoms with Gasteiger partial charge in [0, 0.05) is 16.2 Å². The lowest BCUT2D eigenvalue weighted by molar-refractivity contribution is -0.110. The van der Waals surface area contributed by atoms with E-state index in [0.29, 0.717) is 5.57 Å². The molecule has 3 rings (SSSR count). The number of pyridine rings is 1. The van der Waals surface area contributed by atoms with Crippen molar-refractivity contribution >= 4 is 39.2 Å². The van der Waals surface area contributed by atoms with Crippen LogP contribution in [0.25, 0.3) is 11.6 Å². The maximum absolute atomic E-state index is 11.9. The van der Waals surface area contributed by atoms with Crippen molar-refractivity contribution in [3.8, 4) is 0 Å². The molecule has 3 nitrogen and oxygen atoms in total. The smallest absolute Gasteiger partial charge is 0.256 e. The van der Waals surface area contributed by atoms with E-state index < -0.39 is 0 Å². The highest BCUT2D eigenvalue weighted by Crippen LogP contribution is 2.34. The van der Waals surface area contributed by atoms with E-state index >= 15 is 0 Å².